The highest BCUT2D eigenvalue weighted by Gasteiger charge is 2.03. The lowest BCUT2D eigenvalue weighted by Crippen LogP contribution is -1.97. The fourth-order valence-corrected chi connectivity index (χ4v) is 3.79. The molecule has 0 heterocycles. The third-order valence-electron chi connectivity index (χ3n) is 4.74. The van der Waals surface area contributed by atoms with Crippen molar-refractivity contribution in [1.82, 2.24) is 0 Å². The van der Waals surface area contributed by atoms with Crippen molar-refractivity contribution in [3.05, 3.63) is 0 Å². The van der Waals surface area contributed by atoms with E-state index in [4.69, 9.17) is 0 Å². The molecule has 0 bridgehead atoms. The Labute approximate surface area is 150 Å². The average Bonchev–Trinajstić information content (AvgIpc) is 2.52. The van der Waals surface area contributed by atoms with Gasteiger partial charge in [0.25, 0.3) is 0 Å². The molecule has 0 aromatic carbocycles. The molecule has 0 amide bonds. The first-order chi connectivity index (χ1) is 10.8. The summed E-state index contributed by atoms with van der Waals surface area (Å²) in [5.74, 6) is 0. The smallest absolute Gasteiger partial charge is 0.0145 e. The van der Waals surface area contributed by atoms with E-state index < -0.39 is 0 Å². The van der Waals surface area contributed by atoms with Crippen molar-refractivity contribution in [2.24, 2.45) is 0 Å². The SMILES string of the molecule is CCCCCCCCCCCC(Br)CCCCCCCCC. The van der Waals surface area contributed by atoms with Crippen LogP contribution in [0.2, 0.25) is 0 Å². The van der Waals surface area contributed by atoms with Crippen LogP contribution in [-0.2, 0) is 0 Å². The van der Waals surface area contributed by atoms with Crippen molar-refractivity contribution >= 4 is 15.9 Å². The molecule has 1 atom stereocenters. The highest BCUT2D eigenvalue weighted by atomic mass is 79.9. The Hall–Kier alpha value is 0.480. The zero-order valence-corrected chi connectivity index (χ0v) is 17.3. The first-order valence-corrected chi connectivity index (χ1v) is 11.4. The minimum absolute atomic E-state index is 0.785. The van der Waals surface area contributed by atoms with E-state index in [-0.39, 0.29) is 0 Å². The van der Waals surface area contributed by atoms with Gasteiger partial charge in [-0.2, -0.15) is 0 Å². The Morgan fingerprint density at radius 3 is 1.05 bits per heavy atom. The van der Waals surface area contributed by atoms with E-state index >= 15 is 0 Å². The van der Waals surface area contributed by atoms with Gasteiger partial charge in [0, 0.05) is 4.83 Å². The molecule has 0 spiro atoms. The van der Waals surface area contributed by atoms with Crippen molar-refractivity contribution in [2.75, 3.05) is 0 Å². The maximum Gasteiger partial charge on any atom is 0.0145 e. The van der Waals surface area contributed by atoms with Gasteiger partial charge in [0.05, 0.1) is 0 Å². The summed E-state index contributed by atoms with van der Waals surface area (Å²) in [4.78, 5) is 0.785. The van der Waals surface area contributed by atoms with Gasteiger partial charge in [0.2, 0.25) is 0 Å². The van der Waals surface area contributed by atoms with E-state index in [1.807, 2.05) is 0 Å². The summed E-state index contributed by atoms with van der Waals surface area (Å²) in [7, 11) is 0. The standard InChI is InChI=1S/C21H43Br/c1-3-5-7-9-11-12-14-16-18-20-21(22)19-17-15-13-10-8-6-4-2/h21H,3-20H2,1-2H3. The monoisotopic (exact) mass is 374 g/mol. The Kier molecular flexibility index (Phi) is 20.0. The Morgan fingerprint density at radius 1 is 0.455 bits per heavy atom. The quantitative estimate of drug-likeness (QED) is 0.166. The summed E-state index contributed by atoms with van der Waals surface area (Å²) in [6, 6.07) is 0. The molecule has 0 nitrogen and oxygen atoms in total. The van der Waals surface area contributed by atoms with Crippen LogP contribution in [0.1, 0.15) is 129 Å². The van der Waals surface area contributed by atoms with Gasteiger partial charge < -0.3 is 0 Å². The number of hydrogen-bond donors (Lipinski definition) is 0. The molecule has 0 radical (unpaired) electrons. The van der Waals surface area contributed by atoms with E-state index in [2.05, 4.69) is 29.8 Å². The van der Waals surface area contributed by atoms with Crippen molar-refractivity contribution < 1.29 is 0 Å². The van der Waals surface area contributed by atoms with Crippen LogP contribution in [0, 0.1) is 0 Å². The van der Waals surface area contributed by atoms with Crippen molar-refractivity contribution in [2.45, 2.75) is 134 Å². The van der Waals surface area contributed by atoms with Gasteiger partial charge in [-0.25, -0.2) is 0 Å². The molecule has 134 valence electrons. The van der Waals surface area contributed by atoms with Crippen LogP contribution < -0.4 is 0 Å². The average molecular weight is 375 g/mol. The molecule has 0 rings (SSSR count). The summed E-state index contributed by atoms with van der Waals surface area (Å²) in [5.41, 5.74) is 0. The van der Waals surface area contributed by atoms with Crippen molar-refractivity contribution in [1.29, 1.82) is 0 Å². The van der Waals surface area contributed by atoms with Gasteiger partial charge in [0.15, 0.2) is 0 Å². The van der Waals surface area contributed by atoms with Gasteiger partial charge in [-0.3, -0.25) is 0 Å². The second-order valence-corrected chi connectivity index (χ2v) is 8.42. The normalized spacial score (nSPS) is 12.7. The van der Waals surface area contributed by atoms with Gasteiger partial charge in [0.1, 0.15) is 0 Å². The minimum Gasteiger partial charge on any atom is -0.0891 e. The van der Waals surface area contributed by atoms with Crippen LogP contribution in [0.5, 0.6) is 0 Å². The van der Waals surface area contributed by atoms with Crippen LogP contribution in [0.4, 0.5) is 0 Å². The molecular formula is C21H43Br. The molecule has 0 aromatic heterocycles. The van der Waals surface area contributed by atoms with Crippen LogP contribution in [-0.4, -0.2) is 4.83 Å². The molecule has 0 saturated heterocycles. The third-order valence-corrected chi connectivity index (χ3v) is 5.66. The highest BCUT2D eigenvalue weighted by molar-refractivity contribution is 9.09. The number of alkyl halides is 1. The third kappa shape index (κ3) is 18.5. The van der Waals surface area contributed by atoms with Gasteiger partial charge in [-0.1, -0.05) is 133 Å². The number of halogens is 1. The fraction of sp³-hybridized carbons (Fsp3) is 1.00. The minimum atomic E-state index is 0.785. The van der Waals surface area contributed by atoms with Gasteiger partial charge >= 0.3 is 0 Å². The summed E-state index contributed by atoms with van der Waals surface area (Å²) >= 11 is 3.88. The van der Waals surface area contributed by atoms with Gasteiger partial charge in [-0.15, -0.1) is 0 Å². The number of unbranched alkanes of at least 4 members (excludes halogenated alkanes) is 14. The lowest BCUT2D eigenvalue weighted by molar-refractivity contribution is 0.533. The molecule has 22 heavy (non-hydrogen) atoms. The van der Waals surface area contributed by atoms with Crippen LogP contribution in [0.15, 0.2) is 0 Å². The van der Waals surface area contributed by atoms with Crippen molar-refractivity contribution in [3.63, 3.8) is 0 Å². The molecule has 0 N–H and O–H groups in total. The van der Waals surface area contributed by atoms with E-state index in [9.17, 15) is 0 Å². The van der Waals surface area contributed by atoms with Crippen LogP contribution >= 0.6 is 15.9 Å². The van der Waals surface area contributed by atoms with E-state index in [0.29, 0.717) is 0 Å². The first-order valence-electron chi connectivity index (χ1n) is 10.4. The lowest BCUT2D eigenvalue weighted by atomic mass is 10.0. The van der Waals surface area contributed by atoms with Crippen molar-refractivity contribution in [3.8, 4) is 0 Å². The maximum atomic E-state index is 3.88. The first kappa shape index (κ1) is 22.5. The van der Waals surface area contributed by atoms with E-state index in [1.165, 1.54) is 116 Å². The fourth-order valence-electron chi connectivity index (χ4n) is 3.14. The predicted molar refractivity (Wildman–Crippen MR) is 107 cm³/mol. The Balaban J connectivity index is 3.11. The van der Waals surface area contributed by atoms with Gasteiger partial charge in [-0.05, 0) is 12.8 Å². The maximum absolute atomic E-state index is 3.88. The zero-order valence-electron chi connectivity index (χ0n) is 15.7. The molecule has 1 unspecified atom stereocenters. The summed E-state index contributed by atoms with van der Waals surface area (Å²) in [6.07, 6.45) is 25.8. The largest absolute Gasteiger partial charge is 0.0891 e. The number of rotatable bonds is 18. The molecule has 0 aliphatic carbocycles. The van der Waals surface area contributed by atoms with E-state index in [1.54, 1.807) is 0 Å². The molecule has 0 fully saturated rings. The zero-order chi connectivity index (χ0) is 16.3. The van der Waals surface area contributed by atoms with E-state index in [0.717, 1.165) is 4.83 Å². The topological polar surface area (TPSA) is 0 Å². The summed E-state index contributed by atoms with van der Waals surface area (Å²) < 4.78 is 0. The van der Waals surface area contributed by atoms with Crippen LogP contribution in [0.3, 0.4) is 0 Å². The molecule has 0 aliphatic heterocycles. The highest BCUT2D eigenvalue weighted by Crippen LogP contribution is 2.19. The second kappa shape index (κ2) is 19.5. The molecule has 0 aromatic rings. The second-order valence-electron chi connectivity index (χ2n) is 7.12. The Morgan fingerprint density at radius 2 is 0.727 bits per heavy atom. The summed E-state index contributed by atoms with van der Waals surface area (Å²) in [6.45, 7) is 4.59. The molecule has 1 heteroatoms. The lowest BCUT2D eigenvalue weighted by Gasteiger charge is -2.09. The molecule has 0 saturated carbocycles. The van der Waals surface area contributed by atoms with Crippen LogP contribution in [0.25, 0.3) is 0 Å². The molecular weight excluding hydrogens is 332 g/mol. The Bertz CT molecular complexity index is 190. The molecule has 0 aliphatic rings. The summed E-state index contributed by atoms with van der Waals surface area (Å²) in [5, 5.41) is 0. The predicted octanol–water partition coefficient (Wildman–Crippen LogP) is 8.81. The number of hydrogen-bond acceptors (Lipinski definition) is 0.